The number of allylic oxidation sites excluding steroid dienone is 2. The molecule has 33 heavy (non-hydrogen) atoms. The molecule has 0 aliphatic heterocycles. The van der Waals surface area contributed by atoms with Gasteiger partial charge in [0.15, 0.2) is 5.41 Å². The molecule has 0 spiro atoms. The van der Waals surface area contributed by atoms with Crippen LogP contribution in [-0.4, -0.2) is 34.6 Å². The van der Waals surface area contributed by atoms with Gasteiger partial charge in [-0.3, -0.25) is 9.59 Å². The fraction of sp³-hybridized carbons (Fsp3) is 0.423. The van der Waals surface area contributed by atoms with Crippen molar-refractivity contribution in [3.63, 3.8) is 0 Å². The summed E-state index contributed by atoms with van der Waals surface area (Å²) in [7, 11) is -1.86. The quantitative estimate of drug-likeness (QED) is 0.153. The number of rotatable bonds is 11. The van der Waals surface area contributed by atoms with Crippen LogP contribution in [0.3, 0.4) is 0 Å². The maximum Gasteiger partial charge on any atom is 0.324 e. The highest BCUT2D eigenvalue weighted by Crippen LogP contribution is 2.37. The summed E-state index contributed by atoms with van der Waals surface area (Å²) in [5.74, 6) is 3.49. The molecule has 6 nitrogen and oxygen atoms in total. The second-order valence-electron chi connectivity index (χ2n) is 7.52. The van der Waals surface area contributed by atoms with E-state index < -0.39 is 39.0 Å². The highest BCUT2D eigenvalue weighted by atomic mass is 32.2. The molecule has 0 saturated carbocycles. The van der Waals surface area contributed by atoms with Crippen LogP contribution in [0.5, 0.6) is 0 Å². The number of methoxy groups -OCH3 is 2. The molecule has 0 fully saturated rings. The summed E-state index contributed by atoms with van der Waals surface area (Å²) < 4.78 is 37.0. The minimum Gasteiger partial charge on any atom is -0.468 e. The van der Waals surface area contributed by atoms with Crippen LogP contribution in [0.25, 0.3) is 0 Å². The second-order valence-corrected chi connectivity index (χ2v) is 9.49. The van der Waals surface area contributed by atoms with Crippen molar-refractivity contribution in [2.24, 2.45) is 10.8 Å². The monoisotopic (exact) mass is 472 g/mol. The maximum absolute atomic E-state index is 13.6. The Morgan fingerprint density at radius 3 is 2.03 bits per heavy atom. The number of ether oxygens (including phenoxy) is 2. The first kappa shape index (κ1) is 28.0. The number of sulfone groups is 1. The molecule has 0 N–H and O–H groups in total. The third-order valence-electron chi connectivity index (χ3n) is 5.80. The number of hydrogen-bond donors (Lipinski definition) is 0. The van der Waals surface area contributed by atoms with Gasteiger partial charge in [-0.05, 0) is 38.0 Å². The molecule has 0 radical (unpaired) electrons. The van der Waals surface area contributed by atoms with Gasteiger partial charge in [-0.1, -0.05) is 38.1 Å². The zero-order chi connectivity index (χ0) is 25.1. The number of benzene rings is 1. The van der Waals surface area contributed by atoms with Crippen molar-refractivity contribution in [2.75, 3.05) is 14.2 Å². The number of hydrogen-bond acceptors (Lipinski definition) is 6. The van der Waals surface area contributed by atoms with Crippen molar-refractivity contribution in [3.8, 4) is 11.8 Å². The molecule has 1 aromatic rings. The molecule has 0 aliphatic rings. The van der Waals surface area contributed by atoms with Gasteiger partial charge in [-0.2, -0.15) is 0 Å². The standard InChI is InChI=1S/C26H32O6S/c1-7-11-18-26(23(27)31-5,24(28)32-6)20-22(17-19-25(8-2,9-3)10-4)33(29,30)21-15-13-12-14-16-21/h8,12-16,19H,2,9-10,18,20H2,1,3-6H3. The highest BCUT2D eigenvalue weighted by Gasteiger charge is 2.50. The van der Waals surface area contributed by atoms with Crippen molar-refractivity contribution in [2.45, 2.75) is 51.3 Å². The molecular formula is C26H32O6S. The minimum atomic E-state index is -4.11. The van der Waals surface area contributed by atoms with Crippen molar-refractivity contribution in [3.05, 3.63) is 59.7 Å². The highest BCUT2D eigenvalue weighted by molar-refractivity contribution is 7.95. The average molecular weight is 473 g/mol. The predicted molar refractivity (Wildman–Crippen MR) is 128 cm³/mol. The van der Waals surface area contributed by atoms with Gasteiger partial charge < -0.3 is 9.47 Å². The summed E-state index contributed by atoms with van der Waals surface area (Å²) in [6.45, 7) is 9.34. The molecule has 0 amide bonds. The van der Waals surface area contributed by atoms with Crippen LogP contribution in [0, 0.1) is 22.7 Å². The lowest BCUT2D eigenvalue weighted by Crippen LogP contribution is -2.42. The van der Waals surface area contributed by atoms with E-state index >= 15 is 0 Å². The zero-order valence-electron chi connectivity index (χ0n) is 19.9. The third kappa shape index (κ3) is 6.25. The minimum absolute atomic E-state index is 0.0170. The lowest BCUT2D eigenvalue weighted by atomic mass is 9.80. The Morgan fingerprint density at radius 1 is 1.06 bits per heavy atom. The van der Waals surface area contributed by atoms with Gasteiger partial charge >= 0.3 is 11.9 Å². The summed E-state index contributed by atoms with van der Waals surface area (Å²) in [5, 5.41) is 0. The van der Waals surface area contributed by atoms with Crippen LogP contribution >= 0.6 is 0 Å². The van der Waals surface area contributed by atoms with E-state index in [4.69, 9.17) is 9.47 Å². The predicted octanol–water partition coefficient (Wildman–Crippen LogP) is 4.63. The maximum atomic E-state index is 13.6. The van der Waals surface area contributed by atoms with Gasteiger partial charge in [0.1, 0.15) is 0 Å². The van der Waals surface area contributed by atoms with Crippen molar-refractivity contribution in [1.29, 1.82) is 0 Å². The average Bonchev–Trinajstić information content (AvgIpc) is 2.85. The summed E-state index contributed by atoms with van der Waals surface area (Å²) in [6, 6.07) is 7.77. The Labute approximate surface area is 197 Å². The summed E-state index contributed by atoms with van der Waals surface area (Å²) >= 11 is 0. The molecule has 1 rings (SSSR count). The molecule has 7 heteroatoms. The smallest absolute Gasteiger partial charge is 0.324 e. The van der Waals surface area contributed by atoms with E-state index in [1.54, 1.807) is 37.3 Å². The summed E-state index contributed by atoms with van der Waals surface area (Å²) in [4.78, 5) is 25.5. The Balaban J connectivity index is 3.96. The van der Waals surface area contributed by atoms with Crippen LogP contribution < -0.4 is 0 Å². The van der Waals surface area contributed by atoms with E-state index in [-0.39, 0.29) is 16.2 Å². The Morgan fingerprint density at radius 2 is 1.61 bits per heavy atom. The van der Waals surface area contributed by atoms with E-state index in [0.717, 1.165) is 14.2 Å². The van der Waals surface area contributed by atoms with Crippen molar-refractivity contribution in [1.82, 2.24) is 0 Å². The summed E-state index contributed by atoms with van der Waals surface area (Å²) in [5.41, 5.74) is 0.438. The number of carbonyl (C=O) groups is 2. The zero-order valence-corrected chi connectivity index (χ0v) is 20.8. The molecule has 0 atom stereocenters. The van der Waals surface area contributed by atoms with Gasteiger partial charge in [0.05, 0.1) is 24.0 Å². The normalized spacial score (nSPS) is 11.3. The first-order valence-corrected chi connectivity index (χ1v) is 12.1. The van der Waals surface area contributed by atoms with Gasteiger partial charge in [-0.15, -0.1) is 24.2 Å². The van der Waals surface area contributed by atoms with Crippen molar-refractivity contribution < 1.29 is 27.5 Å². The van der Waals surface area contributed by atoms with Crippen molar-refractivity contribution >= 4 is 21.8 Å². The molecule has 0 aliphatic carbocycles. The lowest BCUT2D eigenvalue weighted by molar-refractivity contribution is -0.168. The lowest BCUT2D eigenvalue weighted by Gasteiger charge is -2.27. The van der Waals surface area contributed by atoms with Gasteiger partial charge in [0.25, 0.3) is 0 Å². The molecule has 1 aromatic carbocycles. The Bertz CT molecular complexity index is 1060. The number of carbonyl (C=O) groups excluding carboxylic acids is 2. The fourth-order valence-corrected chi connectivity index (χ4v) is 4.78. The SMILES string of the molecule is C=CC(C=C=C(CC(CC#CC)(C(=O)OC)C(=O)OC)S(=O)(=O)c1ccccc1)(CC)CC. The number of esters is 2. The van der Waals surface area contributed by atoms with E-state index in [0.29, 0.717) is 12.8 Å². The first-order valence-electron chi connectivity index (χ1n) is 10.6. The van der Waals surface area contributed by atoms with E-state index in [1.165, 1.54) is 12.1 Å². The molecule has 0 aromatic heterocycles. The van der Waals surface area contributed by atoms with Crippen LogP contribution in [0.4, 0.5) is 0 Å². The molecule has 0 heterocycles. The van der Waals surface area contributed by atoms with Crippen LogP contribution in [0.1, 0.15) is 46.5 Å². The van der Waals surface area contributed by atoms with Crippen LogP contribution in [0.15, 0.2) is 64.6 Å². The first-order chi connectivity index (χ1) is 15.6. The summed E-state index contributed by atoms with van der Waals surface area (Å²) in [6.07, 6.45) is 3.92. The van der Waals surface area contributed by atoms with Crippen LogP contribution in [0.2, 0.25) is 0 Å². The molecule has 0 bridgehead atoms. The molecule has 0 unspecified atom stereocenters. The van der Waals surface area contributed by atoms with Crippen LogP contribution in [-0.2, 0) is 28.9 Å². The largest absolute Gasteiger partial charge is 0.468 e. The van der Waals surface area contributed by atoms with Gasteiger partial charge in [-0.25, -0.2) is 8.42 Å². The fourth-order valence-electron chi connectivity index (χ4n) is 3.33. The third-order valence-corrected chi connectivity index (χ3v) is 7.61. The molecule has 0 saturated heterocycles. The van der Waals surface area contributed by atoms with E-state index in [1.807, 2.05) is 13.8 Å². The topological polar surface area (TPSA) is 86.7 Å². The Hall–Kier alpha value is -3.07. The molecule has 178 valence electrons. The molecular weight excluding hydrogens is 440 g/mol. The van der Waals surface area contributed by atoms with E-state index in [9.17, 15) is 18.0 Å². The van der Waals surface area contributed by atoms with Gasteiger partial charge in [0.2, 0.25) is 9.84 Å². The Kier molecular flexibility index (Phi) is 10.4. The van der Waals surface area contributed by atoms with E-state index in [2.05, 4.69) is 24.2 Å². The van der Waals surface area contributed by atoms with Gasteiger partial charge in [0, 0.05) is 18.3 Å². The second kappa shape index (κ2) is 12.2.